The molecule has 0 fully saturated rings. The number of nitrogens with zero attached hydrogens (tertiary/aromatic N) is 2. The summed E-state index contributed by atoms with van der Waals surface area (Å²) in [5.74, 6) is 0.819. The van der Waals surface area contributed by atoms with Gasteiger partial charge in [0.1, 0.15) is 5.82 Å². The van der Waals surface area contributed by atoms with Gasteiger partial charge in [0.25, 0.3) is 0 Å². The normalized spacial score (nSPS) is 17.6. The lowest BCUT2D eigenvalue weighted by molar-refractivity contribution is 0.0573. The first-order valence-electron chi connectivity index (χ1n) is 10.9. The van der Waals surface area contributed by atoms with Crippen LogP contribution in [-0.4, -0.2) is 22.7 Å². The lowest BCUT2D eigenvalue weighted by Gasteiger charge is -2.24. The fraction of sp³-hybridized carbons (Fsp3) is 0.360. The molecule has 162 valence electrons. The van der Waals surface area contributed by atoms with E-state index in [1.807, 2.05) is 19.1 Å². The van der Waals surface area contributed by atoms with E-state index in [1.165, 1.54) is 11.1 Å². The Morgan fingerprint density at radius 2 is 1.77 bits per heavy atom. The van der Waals surface area contributed by atoms with Crippen molar-refractivity contribution in [1.29, 1.82) is 0 Å². The van der Waals surface area contributed by atoms with E-state index in [1.54, 1.807) is 6.07 Å². The fourth-order valence-corrected chi connectivity index (χ4v) is 4.75. The van der Waals surface area contributed by atoms with Crippen LogP contribution in [0.5, 0.6) is 0 Å². The number of aryl methyl sites for hydroxylation is 2. The van der Waals surface area contributed by atoms with Crippen molar-refractivity contribution in [1.82, 2.24) is 9.97 Å². The van der Waals surface area contributed by atoms with Crippen LogP contribution in [-0.2, 0) is 24.0 Å². The highest BCUT2D eigenvalue weighted by Gasteiger charge is 2.33. The molecule has 0 radical (unpaired) electrons. The summed E-state index contributed by atoms with van der Waals surface area (Å²) in [7, 11) is 0. The van der Waals surface area contributed by atoms with Gasteiger partial charge in [-0.1, -0.05) is 61.3 Å². The molecule has 0 aliphatic heterocycles. The zero-order valence-electron chi connectivity index (χ0n) is 18.1. The Hall–Kier alpha value is -2.14. The Balaban J connectivity index is 1.75. The van der Waals surface area contributed by atoms with Gasteiger partial charge in [-0.2, -0.15) is 0 Å². The number of halogens is 2. The number of nitrogens with one attached hydrogen (secondary N) is 1. The number of anilines is 1. The van der Waals surface area contributed by atoms with Crippen molar-refractivity contribution in [2.75, 3.05) is 11.9 Å². The van der Waals surface area contributed by atoms with Crippen LogP contribution in [0.4, 0.5) is 5.82 Å². The van der Waals surface area contributed by atoms with Crippen LogP contribution in [0.1, 0.15) is 49.3 Å². The number of rotatable bonds is 7. The Bertz CT molecular complexity index is 1090. The van der Waals surface area contributed by atoms with Gasteiger partial charge >= 0.3 is 0 Å². The van der Waals surface area contributed by atoms with Crippen LogP contribution in [0.15, 0.2) is 42.5 Å². The molecule has 1 aromatic heterocycles. The summed E-state index contributed by atoms with van der Waals surface area (Å²) < 4.78 is 6.08. The molecule has 2 atom stereocenters. The predicted molar refractivity (Wildman–Crippen MR) is 128 cm³/mol. The lowest BCUT2D eigenvalue weighted by Crippen LogP contribution is -2.26. The van der Waals surface area contributed by atoms with Gasteiger partial charge in [-0.15, -0.1) is 0 Å². The molecule has 31 heavy (non-hydrogen) atoms. The molecule has 0 spiro atoms. The monoisotopic (exact) mass is 455 g/mol. The highest BCUT2D eigenvalue weighted by Crippen LogP contribution is 2.37. The lowest BCUT2D eigenvalue weighted by atomic mass is 10.1. The molecule has 0 amide bonds. The Labute approximate surface area is 194 Å². The van der Waals surface area contributed by atoms with Gasteiger partial charge in [-0.05, 0) is 49.1 Å². The highest BCUT2D eigenvalue weighted by molar-refractivity contribution is 6.36. The maximum absolute atomic E-state index is 6.49. The van der Waals surface area contributed by atoms with Gasteiger partial charge in [0, 0.05) is 23.6 Å². The molecule has 1 aliphatic carbocycles. The van der Waals surface area contributed by atoms with E-state index in [9.17, 15) is 0 Å². The second-order valence-corrected chi connectivity index (χ2v) is 8.51. The number of hydrogen-bond donors (Lipinski definition) is 1. The van der Waals surface area contributed by atoms with E-state index in [2.05, 4.69) is 43.4 Å². The summed E-state index contributed by atoms with van der Waals surface area (Å²) >= 11 is 12.6. The molecule has 0 saturated carbocycles. The van der Waals surface area contributed by atoms with E-state index < -0.39 is 0 Å². The van der Waals surface area contributed by atoms with Crippen LogP contribution in [0.25, 0.3) is 11.3 Å². The van der Waals surface area contributed by atoms with Crippen molar-refractivity contribution < 1.29 is 4.74 Å². The Morgan fingerprint density at radius 3 is 2.48 bits per heavy atom. The Morgan fingerprint density at radius 1 is 1.00 bits per heavy atom. The first-order chi connectivity index (χ1) is 15.0. The fourth-order valence-electron chi connectivity index (χ4n) is 4.26. The van der Waals surface area contributed by atoms with Gasteiger partial charge in [-0.25, -0.2) is 9.97 Å². The molecule has 6 heteroatoms. The van der Waals surface area contributed by atoms with Crippen LogP contribution >= 0.6 is 23.2 Å². The summed E-state index contributed by atoms with van der Waals surface area (Å²) in [6.07, 6.45) is 2.47. The van der Waals surface area contributed by atoms with Crippen molar-refractivity contribution in [3.8, 4) is 11.3 Å². The molecule has 4 nitrogen and oxygen atoms in total. The smallest absolute Gasteiger partial charge is 0.148 e. The third-order valence-corrected chi connectivity index (χ3v) is 6.30. The molecule has 4 rings (SSSR count). The van der Waals surface area contributed by atoms with Gasteiger partial charge in [0.2, 0.25) is 0 Å². The maximum atomic E-state index is 6.49. The number of benzene rings is 2. The SMILES string of the molecule is CCOC1Cc2ccccc2C1Nc1nc(CC)c(-c2ccc(Cl)cc2Cl)nc1CC. The molecule has 2 unspecified atom stereocenters. The van der Waals surface area contributed by atoms with Gasteiger partial charge in [0.05, 0.1) is 34.3 Å². The van der Waals surface area contributed by atoms with Crippen molar-refractivity contribution in [3.05, 3.63) is 75.0 Å². The van der Waals surface area contributed by atoms with Crippen LogP contribution in [0.2, 0.25) is 10.0 Å². The molecule has 3 aromatic rings. The summed E-state index contributed by atoms with van der Waals surface area (Å²) in [6.45, 7) is 6.89. The largest absolute Gasteiger partial charge is 0.376 e. The number of aromatic nitrogens is 2. The van der Waals surface area contributed by atoms with E-state index in [0.717, 1.165) is 47.7 Å². The first kappa shape index (κ1) is 22.1. The molecular formula is C25H27Cl2N3O. The van der Waals surface area contributed by atoms with Crippen LogP contribution < -0.4 is 5.32 Å². The van der Waals surface area contributed by atoms with E-state index in [-0.39, 0.29) is 12.1 Å². The number of ether oxygens (including phenoxy) is 1. The first-order valence-corrected chi connectivity index (χ1v) is 11.6. The molecule has 0 saturated heterocycles. The van der Waals surface area contributed by atoms with Crippen molar-refractivity contribution >= 4 is 29.0 Å². The summed E-state index contributed by atoms with van der Waals surface area (Å²) in [5.41, 5.74) is 6.09. The molecule has 1 N–H and O–H groups in total. The summed E-state index contributed by atoms with van der Waals surface area (Å²) in [6, 6.07) is 14.1. The second-order valence-electron chi connectivity index (χ2n) is 7.66. The summed E-state index contributed by atoms with van der Waals surface area (Å²) in [4.78, 5) is 10.0. The zero-order chi connectivity index (χ0) is 22.0. The topological polar surface area (TPSA) is 47.0 Å². The minimum absolute atomic E-state index is 0.0467. The molecule has 0 bridgehead atoms. The third kappa shape index (κ3) is 4.43. The van der Waals surface area contributed by atoms with E-state index in [0.29, 0.717) is 16.7 Å². The van der Waals surface area contributed by atoms with Crippen molar-refractivity contribution in [2.45, 2.75) is 52.2 Å². The Kier molecular flexibility index (Phi) is 6.80. The van der Waals surface area contributed by atoms with Gasteiger partial charge in [-0.3, -0.25) is 0 Å². The average molecular weight is 456 g/mol. The van der Waals surface area contributed by atoms with Crippen LogP contribution in [0, 0.1) is 0 Å². The third-order valence-electron chi connectivity index (χ3n) is 5.75. The molecule has 2 aromatic carbocycles. The number of hydrogen-bond acceptors (Lipinski definition) is 4. The summed E-state index contributed by atoms with van der Waals surface area (Å²) in [5, 5.41) is 4.87. The zero-order valence-corrected chi connectivity index (χ0v) is 19.6. The quantitative estimate of drug-likeness (QED) is 0.430. The second kappa shape index (κ2) is 9.56. The highest BCUT2D eigenvalue weighted by atomic mass is 35.5. The maximum Gasteiger partial charge on any atom is 0.148 e. The van der Waals surface area contributed by atoms with Crippen molar-refractivity contribution in [2.24, 2.45) is 0 Å². The standard InChI is InChI=1S/C25H27Cl2N3O/c1-4-20-23(18-12-11-16(26)14-19(18)27)28-21(5-2)25(29-20)30-24-17-10-8-7-9-15(17)13-22(24)31-6-3/h7-12,14,22,24H,4-6,13H2,1-3H3,(H,29,30). The minimum Gasteiger partial charge on any atom is -0.376 e. The van der Waals surface area contributed by atoms with Crippen LogP contribution in [0.3, 0.4) is 0 Å². The molecule has 1 heterocycles. The van der Waals surface area contributed by atoms with E-state index in [4.69, 9.17) is 37.9 Å². The average Bonchev–Trinajstić information content (AvgIpc) is 3.11. The van der Waals surface area contributed by atoms with E-state index >= 15 is 0 Å². The molecule has 1 aliphatic rings. The van der Waals surface area contributed by atoms with Gasteiger partial charge < -0.3 is 10.1 Å². The minimum atomic E-state index is 0.0467. The van der Waals surface area contributed by atoms with Crippen molar-refractivity contribution in [3.63, 3.8) is 0 Å². The number of fused-ring (bicyclic) bond motifs is 1. The molecular weight excluding hydrogens is 429 g/mol. The predicted octanol–water partition coefficient (Wildman–Crippen LogP) is 6.69. The van der Waals surface area contributed by atoms with Gasteiger partial charge in [0.15, 0.2) is 0 Å².